The van der Waals surface area contributed by atoms with Gasteiger partial charge in [0.05, 0.1) is 12.3 Å². The first kappa shape index (κ1) is 17.5. The van der Waals surface area contributed by atoms with Gasteiger partial charge in [0, 0.05) is 29.9 Å². The maximum Gasteiger partial charge on any atom is 0.276 e. The van der Waals surface area contributed by atoms with Crippen LogP contribution in [0.2, 0.25) is 0 Å². The molecule has 1 aromatic carbocycles. The first-order chi connectivity index (χ1) is 13.6. The number of piperidine rings is 1. The molecule has 0 radical (unpaired) electrons. The molecule has 2 aliphatic rings. The third-order valence-electron chi connectivity index (χ3n) is 6.18. The van der Waals surface area contributed by atoms with E-state index >= 15 is 0 Å². The number of benzene rings is 1. The zero-order chi connectivity index (χ0) is 19.3. The second-order valence-corrected chi connectivity index (χ2v) is 8.13. The summed E-state index contributed by atoms with van der Waals surface area (Å²) in [7, 11) is 0. The Morgan fingerprint density at radius 1 is 1.25 bits per heavy atom. The van der Waals surface area contributed by atoms with E-state index in [2.05, 4.69) is 34.2 Å². The predicted octanol–water partition coefficient (Wildman–Crippen LogP) is 3.98. The molecule has 0 bridgehead atoms. The van der Waals surface area contributed by atoms with Gasteiger partial charge in [0.2, 0.25) is 0 Å². The predicted molar refractivity (Wildman–Crippen MR) is 105 cm³/mol. The van der Waals surface area contributed by atoms with E-state index in [1.165, 1.54) is 28.6 Å². The molecule has 2 aromatic heterocycles. The number of fused-ring (bicyclic) bond motifs is 4. The van der Waals surface area contributed by atoms with E-state index in [0.717, 1.165) is 25.9 Å². The summed E-state index contributed by atoms with van der Waals surface area (Å²) in [6, 6.07) is 8.45. The fraction of sp³-hybridized carbons (Fsp3) is 0.455. The van der Waals surface area contributed by atoms with Gasteiger partial charge in [0.1, 0.15) is 11.4 Å². The second-order valence-electron chi connectivity index (χ2n) is 8.13. The third-order valence-corrected chi connectivity index (χ3v) is 6.18. The minimum Gasteiger partial charge on any atom is -0.447 e. The van der Waals surface area contributed by atoms with Crippen molar-refractivity contribution in [1.29, 1.82) is 0 Å². The van der Waals surface area contributed by atoms with Gasteiger partial charge in [-0.2, -0.15) is 0 Å². The summed E-state index contributed by atoms with van der Waals surface area (Å²) in [5, 5.41) is 1.29. The Bertz CT molecular complexity index is 1020. The molecule has 6 nitrogen and oxygen atoms in total. The Hall–Kier alpha value is -2.60. The first-order valence-electron chi connectivity index (χ1n) is 10.1. The number of amides is 1. The number of hydrogen-bond donors (Lipinski definition) is 1. The zero-order valence-corrected chi connectivity index (χ0v) is 16.3. The van der Waals surface area contributed by atoms with Crippen LogP contribution in [0.3, 0.4) is 0 Å². The number of carbonyl (C=O) groups excluding carboxylic acids is 1. The molecule has 5 rings (SSSR count). The smallest absolute Gasteiger partial charge is 0.276 e. The van der Waals surface area contributed by atoms with Crippen LogP contribution in [-0.4, -0.2) is 40.5 Å². The van der Waals surface area contributed by atoms with Gasteiger partial charge in [-0.15, -0.1) is 0 Å². The molecule has 146 valence electrons. The summed E-state index contributed by atoms with van der Waals surface area (Å²) >= 11 is 0. The van der Waals surface area contributed by atoms with E-state index in [4.69, 9.17) is 9.15 Å². The molecule has 4 heterocycles. The van der Waals surface area contributed by atoms with Gasteiger partial charge < -0.3 is 19.0 Å². The summed E-state index contributed by atoms with van der Waals surface area (Å²) in [5.74, 6) is 0.755. The highest BCUT2D eigenvalue weighted by Gasteiger charge is 2.44. The van der Waals surface area contributed by atoms with Crippen LogP contribution in [0.1, 0.15) is 60.1 Å². The third kappa shape index (κ3) is 2.58. The minimum absolute atomic E-state index is 0.0417. The highest BCUT2D eigenvalue weighted by atomic mass is 16.5. The molecule has 28 heavy (non-hydrogen) atoms. The van der Waals surface area contributed by atoms with Crippen molar-refractivity contribution in [3.63, 3.8) is 0 Å². The van der Waals surface area contributed by atoms with Crippen molar-refractivity contribution >= 4 is 16.8 Å². The molecular formula is C22H25N3O3. The Morgan fingerprint density at radius 3 is 2.82 bits per heavy atom. The van der Waals surface area contributed by atoms with Crippen LogP contribution in [0.15, 0.2) is 35.1 Å². The fourth-order valence-corrected chi connectivity index (χ4v) is 4.71. The molecule has 3 aromatic rings. The topological polar surface area (TPSA) is 71.4 Å². The monoisotopic (exact) mass is 379 g/mol. The maximum atomic E-state index is 13.0. The van der Waals surface area contributed by atoms with Crippen LogP contribution < -0.4 is 0 Å². The van der Waals surface area contributed by atoms with Crippen molar-refractivity contribution in [2.75, 3.05) is 19.7 Å². The van der Waals surface area contributed by atoms with Gasteiger partial charge in [0.25, 0.3) is 5.91 Å². The molecule has 1 amide bonds. The van der Waals surface area contributed by atoms with Crippen LogP contribution in [-0.2, 0) is 16.8 Å². The number of H-pyrrole nitrogens is 1. The quantitative estimate of drug-likeness (QED) is 0.731. The zero-order valence-electron chi connectivity index (χ0n) is 16.3. The lowest BCUT2D eigenvalue weighted by Gasteiger charge is -2.43. The Labute approximate surface area is 163 Å². The van der Waals surface area contributed by atoms with Crippen molar-refractivity contribution in [1.82, 2.24) is 14.9 Å². The number of aromatic amines is 1. The number of aromatic nitrogens is 2. The summed E-state index contributed by atoms with van der Waals surface area (Å²) in [4.78, 5) is 22.7. The van der Waals surface area contributed by atoms with Gasteiger partial charge in [-0.1, -0.05) is 32.0 Å². The molecule has 1 spiro atoms. The molecule has 0 saturated carbocycles. The number of oxazole rings is 1. The largest absolute Gasteiger partial charge is 0.447 e. The van der Waals surface area contributed by atoms with E-state index in [9.17, 15) is 4.79 Å². The van der Waals surface area contributed by atoms with Crippen molar-refractivity contribution in [3.05, 3.63) is 53.4 Å². The first-order valence-corrected chi connectivity index (χ1v) is 10.1. The highest BCUT2D eigenvalue weighted by Crippen LogP contribution is 2.43. The average Bonchev–Trinajstić information content (AvgIpc) is 3.34. The molecular weight excluding hydrogens is 354 g/mol. The number of hydrogen-bond acceptors (Lipinski definition) is 4. The van der Waals surface area contributed by atoms with Gasteiger partial charge in [-0.05, 0) is 30.9 Å². The molecule has 6 heteroatoms. The SMILES string of the molecule is CC(C)c1ocnc1C(=O)N1CCC2(CC1)OCCc1c2[nH]c2ccccc12. The van der Waals surface area contributed by atoms with Crippen LogP contribution in [0.25, 0.3) is 10.9 Å². The summed E-state index contributed by atoms with van der Waals surface area (Å²) in [6.45, 7) is 6.05. The molecule has 0 atom stereocenters. The molecule has 0 unspecified atom stereocenters. The van der Waals surface area contributed by atoms with Gasteiger partial charge in [-0.25, -0.2) is 4.98 Å². The lowest BCUT2D eigenvalue weighted by molar-refractivity contribution is -0.0958. The van der Waals surface area contributed by atoms with E-state index in [0.29, 0.717) is 24.5 Å². The number of nitrogens with one attached hydrogen (secondary N) is 1. The lowest BCUT2D eigenvalue weighted by Crippen LogP contribution is -2.48. The van der Waals surface area contributed by atoms with E-state index in [1.54, 1.807) is 0 Å². The van der Waals surface area contributed by atoms with Crippen LogP contribution in [0.4, 0.5) is 0 Å². The number of carbonyl (C=O) groups is 1. The second kappa shape index (κ2) is 6.48. The Morgan fingerprint density at radius 2 is 2.04 bits per heavy atom. The number of rotatable bonds is 2. The molecule has 2 aliphatic heterocycles. The van der Waals surface area contributed by atoms with Gasteiger partial charge in [0.15, 0.2) is 12.1 Å². The molecule has 1 fully saturated rings. The summed E-state index contributed by atoms with van der Waals surface area (Å²) < 4.78 is 11.8. The normalized spacial score (nSPS) is 18.8. The van der Waals surface area contributed by atoms with E-state index < -0.39 is 0 Å². The van der Waals surface area contributed by atoms with Crippen molar-refractivity contribution in [3.8, 4) is 0 Å². The van der Waals surface area contributed by atoms with Crippen LogP contribution in [0, 0.1) is 0 Å². The molecule has 1 saturated heterocycles. The van der Waals surface area contributed by atoms with Crippen molar-refractivity contribution < 1.29 is 13.9 Å². The number of para-hydroxylation sites is 1. The minimum atomic E-state index is -0.325. The maximum absolute atomic E-state index is 13.0. The van der Waals surface area contributed by atoms with E-state index in [1.807, 2.05) is 18.7 Å². The van der Waals surface area contributed by atoms with Crippen molar-refractivity contribution in [2.24, 2.45) is 0 Å². The Kier molecular flexibility index (Phi) is 4.05. The standard InChI is InChI=1S/C22H25N3O3/c1-14(2)19-18(23-13-27-19)21(26)25-10-8-22(9-11-25)20-16(7-12-28-22)15-5-3-4-6-17(15)24-20/h3-6,13-14,24H,7-12H2,1-2H3. The lowest BCUT2D eigenvalue weighted by atomic mass is 9.83. The van der Waals surface area contributed by atoms with Gasteiger partial charge in [-0.3, -0.25) is 4.79 Å². The van der Waals surface area contributed by atoms with Gasteiger partial charge >= 0.3 is 0 Å². The highest BCUT2D eigenvalue weighted by molar-refractivity contribution is 5.93. The number of ether oxygens (including phenoxy) is 1. The average molecular weight is 379 g/mol. The number of likely N-dealkylation sites (tertiary alicyclic amines) is 1. The number of nitrogens with zero attached hydrogens (tertiary/aromatic N) is 2. The molecule has 1 N–H and O–H groups in total. The summed E-state index contributed by atoms with van der Waals surface area (Å²) in [6.07, 6.45) is 3.87. The molecule has 0 aliphatic carbocycles. The summed E-state index contributed by atoms with van der Waals surface area (Å²) in [5.41, 5.74) is 3.87. The Balaban J connectivity index is 1.41. The van der Waals surface area contributed by atoms with Crippen LogP contribution >= 0.6 is 0 Å². The van der Waals surface area contributed by atoms with Crippen molar-refractivity contribution in [2.45, 2.75) is 44.6 Å². The fourth-order valence-electron chi connectivity index (χ4n) is 4.71. The van der Waals surface area contributed by atoms with E-state index in [-0.39, 0.29) is 17.4 Å². The van der Waals surface area contributed by atoms with Crippen LogP contribution in [0.5, 0.6) is 0 Å².